The van der Waals surface area contributed by atoms with Crippen molar-refractivity contribution >= 4 is 28.3 Å². The zero-order valence-corrected chi connectivity index (χ0v) is 15.7. The van der Waals surface area contributed by atoms with E-state index >= 15 is 0 Å². The first-order valence-electron chi connectivity index (χ1n) is 9.18. The van der Waals surface area contributed by atoms with Crippen LogP contribution >= 0.6 is 0 Å². The van der Waals surface area contributed by atoms with Crippen molar-refractivity contribution < 1.29 is 9.53 Å². The van der Waals surface area contributed by atoms with Gasteiger partial charge in [0.2, 0.25) is 0 Å². The molecule has 1 aliphatic heterocycles. The minimum atomic E-state index is -0.0848. The molecule has 1 aliphatic rings. The van der Waals surface area contributed by atoms with Crippen molar-refractivity contribution in [3.63, 3.8) is 0 Å². The lowest BCUT2D eigenvalue weighted by Gasteiger charge is -2.36. The van der Waals surface area contributed by atoms with Gasteiger partial charge in [-0.25, -0.2) is 4.79 Å². The molecule has 2 aromatic carbocycles. The molecule has 27 heavy (non-hydrogen) atoms. The van der Waals surface area contributed by atoms with Gasteiger partial charge in [0.25, 0.3) is 0 Å². The first-order valence-corrected chi connectivity index (χ1v) is 9.18. The van der Waals surface area contributed by atoms with Gasteiger partial charge in [-0.05, 0) is 36.8 Å². The molecule has 0 bridgehead atoms. The summed E-state index contributed by atoms with van der Waals surface area (Å²) in [6.07, 6.45) is 1.97. The molecule has 6 nitrogen and oxygen atoms in total. The first kappa shape index (κ1) is 17.3. The van der Waals surface area contributed by atoms with Crippen molar-refractivity contribution in [3.05, 3.63) is 54.2 Å². The van der Waals surface area contributed by atoms with Crippen LogP contribution in [-0.4, -0.2) is 49.2 Å². The predicted octanol–water partition coefficient (Wildman–Crippen LogP) is 3.84. The van der Waals surface area contributed by atoms with Crippen LogP contribution in [0.5, 0.6) is 5.75 Å². The highest BCUT2D eigenvalue weighted by atomic mass is 16.5. The Bertz CT molecular complexity index is 958. The molecule has 2 N–H and O–H groups in total. The number of nitrogens with zero attached hydrogens (tertiary/aromatic N) is 2. The number of aromatic amines is 1. The van der Waals surface area contributed by atoms with Gasteiger partial charge in [-0.1, -0.05) is 18.2 Å². The number of carbonyl (C=O) groups is 1. The van der Waals surface area contributed by atoms with Crippen LogP contribution in [0.3, 0.4) is 0 Å². The number of ether oxygens (including phenoxy) is 1. The Morgan fingerprint density at radius 3 is 2.63 bits per heavy atom. The van der Waals surface area contributed by atoms with Crippen molar-refractivity contribution in [2.24, 2.45) is 0 Å². The molecular formula is C21H24N4O2. The van der Waals surface area contributed by atoms with Gasteiger partial charge >= 0.3 is 6.03 Å². The second-order valence-corrected chi connectivity index (χ2v) is 6.78. The zero-order chi connectivity index (χ0) is 18.8. The molecule has 140 valence electrons. The number of methoxy groups -OCH3 is 1. The number of aromatic nitrogens is 1. The number of nitrogens with one attached hydrogen (secondary N) is 2. The first-order chi connectivity index (χ1) is 13.2. The Morgan fingerprint density at radius 2 is 1.85 bits per heavy atom. The maximum atomic E-state index is 12.7. The summed E-state index contributed by atoms with van der Waals surface area (Å²) in [6.45, 7) is 4.95. The molecule has 6 heteroatoms. The summed E-state index contributed by atoms with van der Waals surface area (Å²) < 4.78 is 5.43. The Morgan fingerprint density at radius 1 is 1.07 bits per heavy atom. The Hall–Kier alpha value is -3.15. The summed E-state index contributed by atoms with van der Waals surface area (Å²) in [5, 5.41) is 4.21. The van der Waals surface area contributed by atoms with E-state index in [0.717, 1.165) is 24.2 Å². The average molecular weight is 364 g/mol. The number of H-pyrrole nitrogens is 1. The fourth-order valence-electron chi connectivity index (χ4n) is 3.71. The molecule has 0 saturated carbocycles. The zero-order valence-electron chi connectivity index (χ0n) is 15.7. The highest BCUT2D eigenvalue weighted by molar-refractivity contribution is 5.93. The number of rotatable bonds is 3. The predicted molar refractivity (Wildman–Crippen MR) is 109 cm³/mol. The van der Waals surface area contributed by atoms with Gasteiger partial charge in [-0.2, -0.15) is 0 Å². The third-order valence-corrected chi connectivity index (χ3v) is 5.14. The molecule has 1 saturated heterocycles. The third kappa shape index (κ3) is 3.30. The molecule has 1 aromatic heterocycles. The maximum Gasteiger partial charge on any atom is 0.322 e. The van der Waals surface area contributed by atoms with E-state index < -0.39 is 0 Å². The topological polar surface area (TPSA) is 60.6 Å². The van der Waals surface area contributed by atoms with Crippen molar-refractivity contribution in [2.45, 2.75) is 6.92 Å². The van der Waals surface area contributed by atoms with Crippen molar-refractivity contribution in [2.75, 3.05) is 43.5 Å². The second-order valence-electron chi connectivity index (χ2n) is 6.78. The van der Waals surface area contributed by atoms with Gasteiger partial charge in [-0.15, -0.1) is 0 Å². The molecule has 0 atom stereocenters. The molecule has 0 radical (unpaired) electrons. The Kier molecular flexibility index (Phi) is 4.62. The highest BCUT2D eigenvalue weighted by Gasteiger charge is 2.23. The van der Waals surface area contributed by atoms with Crippen molar-refractivity contribution in [3.8, 4) is 5.75 Å². The lowest BCUT2D eigenvalue weighted by molar-refractivity contribution is 0.208. The van der Waals surface area contributed by atoms with Crippen LogP contribution in [0, 0.1) is 6.92 Å². The van der Waals surface area contributed by atoms with Crippen LogP contribution in [0.25, 0.3) is 10.9 Å². The smallest absolute Gasteiger partial charge is 0.322 e. The van der Waals surface area contributed by atoms with E-state index in [2.05, 4.69) is 39.5 Å². The lowest BCUT2D eigenvalue weighted by atomic mass is 10.1. The summed E-state index contributed by atoms with van der Waals surface area (Å²) in [5.74, 6) is 0.712. The minimum Gasteiger partial charge on any atom is -0.494 e. The number of para-hydroxylation sites is 1. The second kappa shape index (κ2) is 7.23. The summed E-state index contributed by atoms with van der Waals surface area (Å²) in [5.41, 5.74) is 4.06. The van der Waals surface area contributed by atoms with Crippen LogP contribution in [0.4, 0.5) is 16.2 Å². The van der Waals surface area contributed by atoms with E-state index in [4.69, 9.17) is 4.74 Å². The maximum absolute atomic E-state index is 12.7. The van der Waals surface area contributed by atoms with E-state index in [1.165, 1.54) is 11.1 Å². The van der Waals surface area contributed by atoms with Crippen molar-refractivity contribution in [1.29, 1.82) is 0 Å². The third-order valence-electron chi connectivity index (χ3n) is 5.14. The standard InChI is InChI=1S/C21H24N4O2/c1-15-5-3-7-18(20(15)27-2)23-21(26)25-13-11-24(12-14-25)19-8-4-6-17-16(19)9-10-22-17/h3-10,22H,11-14H2,1-2H3,(H,23,26). The Balaban J connectivity index is 1.43. The molecule has 2 amide bonds. The van der Waals surface area contributed by atoms with Gasteiger partial charge in [0, 0.05) is 49.0 Å². The van der Waals surface area contributed by atoms with E-state index in [1.54, 1.807) is 7.11 Å². The normalized spacial score (nSPS) is 14.4. The van der Waals surface area contributed by atoms with Gasteiger partial charge in [0.1, 0.15) is 5.75 Å². The molecule has 1 fully saturated rings. The number of anilines is 2. The number of carbonyl (C=O) groups excluding carboxylic acids is 1. The van der Waals surface area contributed by atoms with E-state index in [9.17, 15) is 4.79 Å². The number of aryl methyl sites for hydroxylation is 1. The number of fused-ring (bicyclic) bond motifs is 1. The van der Waals surface area contributed by atoms with Crippen LogP contribution in [0.15, 0.2) is 48.7 Å². The highest BCUT2D eigenvalue weighted by Crippen LogP contribution is 2.29. The van der Waals surface area contributed by atoms with E-state index in [1.807, 2.05) is 36.2 Å². The molecule has 0 unspecified atom stereocenters. The van der Waals surface area contributed by atoms with Crippen molar-refractivity contribution in [1.82, 2.24) is 9.88 Å². The summed E-state index contributed by atoms with van der Waals surface area (Å²) in [6, 6.07) is 14.1. The lowest BCUT2D eigenvalue weighted by Crippen LogP contribution is -2.50. The number of amides is 2. The fraction of sp³-hybridized carbons (Fsp3) is 0.286. The largest absolute Gasteiger partial charge is 0.494 e. The molecular weight excluding hydrogens is 340 g/mol. The number of urea groups is 1. The van der Waals surface area contributed by atoms with Gasteiger partial charge in [0.15, 0.2) is 0 Å². The minimum absolute atomic E-state index is 0.0848. The van der Waals surface area contributed by atoms with E-state index in [-0.39, 0.29) is 6.03 Å². The van der Waals surface area contributed by atoms with Gasteiger partial charge in [-0.3, -0.25) is 0 Å². The summed E-state index contributed by atoms with van der Waals surface area (Å²) in [4.78, 5) is 20.1. The molecule has 3 aromatic rings. The van der Waals surface area contributed by atoms with Crippen LogP contribution < -0.4 is 15.0 Å². The van der Waals surface area contributed by atoms with Crippen LogP contribution in [0.2, 0.25) is 0 Å². The fourth-order valence-corrected chi connectivity index (χ4v) is 3.71. The van der Waals surface area contributed by atoms with Gasteiger partial charge < -0.3 is 24.8 Å². The number of piperazine rings is 1. The molecule has 0 spiro atoms. The molecule has 2 heterocycles. The molecule has 0 aliphatic carbocycles. The monoisotopic (exact) mass is 364 g/mol. The average Bonchev–Trinajstić information content (AvgIpc) is 3.17. The van der Waals surface area contributed by atoms with E-state index in [0.29, 0.717) is 24.5 Å². The summed E-state index contributed by atoms with van der Waals surface area (Å²) in [7, 11) is 1.62. The number of hydrogen-bond acceptors (Lipinski definition) is 3. The van der Waals surface area contributed by atoms with Gasteiger partial charge in [0.05, 0.1) is 12.8 Å². The van der Waals surface area contributed by atoms with Crippen LogP contribution in [0.1, 0.15) is 5.56 Å². The molecule has 4 rings (SSSR count). The number of benzene rings is 2. The number of hydrogen-bond donors (Lipinski definition) is 2. The summed E-state index contributed by atoms with van der Waals surface area (Å²) >= 11 is 0. The SMILES string of the molecule is COc1c(C)cccc1NC(=O)N1CCN(c2cccc3[nH]ccc23)CC1. The quantitative estimate of drug-likeness (QED) is 0.742. The Labute approximate surface area is 158 Å². The van der Waals surface area contributed by atoms with Crippen LogP contribution in [-0.2, 0) is 0 Å².